The number of carbonyl (C=O) groups excluding carboxylic acids is 2. The van der Waals surface area contributed by atoms with Gasteiger partial charge in [-0.2, -0.15) is 0 Å². The third-order valence-corrected chi connectivity index (χ3v) is 5.70. The number of carbonyl (C=O) groups is 2. The monoisotopic (exact) mass is 463 g/mol. The summed E-state index contributed by atoms with van der Waals surface area (Å²) in [5.41, 5.74) is 1.92. The van der Waals surface area contributed by atoms with Gasteiger partial charge < -0.3 is 15.1 Å². The molecule has 0 bridgehead atoms. The minimum absolute atomic E-state index is 0.0421. The fourth-order valence-corrected chi connectivity index (χ4v) is 3.92. The van der Waals surface area contributed by atoms with Crippen molar-refractivity contribution < 1.29 is 9.59 Å². The highest BCUT2D eigenvalue weighted by molar-refractivity contribution is 9.10. The Morgan fingerprint density at radius 2 is 1.71 bits per heavy atom. The van der Waals surface area contributed by atoms with Crippen LogP contribution < -0.4 is 10.2 Å². The van der Waals surface area contributed by atoms with Crippen molar-refractivity contribution in [1.29, 1.82) is 0 Å². The van der Waals surface area contributed by atoms with Gasteiger partial charge in [0.1, 0.15) is 0 Å². The summed E-state index contributed by atoms with van der Waals surface area (Å²) in [5.74, 6) is -0.107. The number of nitrogens with one attached hydrogen (secondary N) is 1. The predicted octanol–water partition coefficient (Wildman–Crippen LogP) is 4.02. The van der Waals surface area contributed by atoms with Crippen LogP contribution in [0.5, 0.6) is 0 Å². The highest BCUT2D eigenvalue weighted by Crippen LogP contribution is 2.27. The van der Waals surface area contributed by atoms with Crippen LogP contribution in [0, 0.1) is 0 Å². The van der Waals surface area contributed by atoms with E-state index in [0.717, 1.165) is 33.8 Å². The predicted molar refractivity (Wildman–Crippen MR) is 116 cm³/mol. The standard InChI is InChI=1S/C21H23BrClN3O2/c1-15(27)24-19(16-6-8-17(22)9-7-16)14-21(28)26-12-10-25(11-13-26)20-5-3-2-4-18(20)23/h2-9,19H,10-14H2,1H3,(H,24,27). The molecule has 0 spiro atoms. The number of benzene rings is 2. The number of anilines is 1. The van der Waals surface area contributed by atoms with Crippen LogP contribution >= 0.6 is 27.5 Å². The van der Waals surface area contributed by atoms with Gasteiger partial charge in [0.15, 0.2) is 0 Å². The van der Waals surface area contributed by atoms with Crippen LogP contribution in [0.3, 0.4) is 0 Å². The molecule has 2 amide bonds. The molecule has 1 heterocycles. The minimum Gasteiger partial charge on any atom is -0.367 e. The van der Waals surface area contributed by atoms with Crippen LogP contribution in [0.25, 0.3) is 0 Å². The molecule has 28 heavy (non-hydrogen) atoms. The molecular weight excluding hydrogens is 442 g/mol. The first-order valence-corrected chi connectivity index (χ1v) is 10.4. The molecule has 1 unspecified atom stereocenters. The van der Waals surface area contributed by atoms with E-state index in [1.54, 1.807) is 0 Å². The van der Waals surface area contributed by atoms with Gasteiger partial charge in [0.25, 0.3) is 0 Å². The number of amides is 2. The Labute approximate surface area is 178 Å². The number of hydrogen-bond acceptors (Lipinski definition) is 3. The van der Waals surface area contributed by atoms with Gasteiger partial charge >= 0.3 is 0 Å². The Morgan fingerprint density at radius 1 is 1.07 bits per heavy atom. The molecule has 1 atom stereocenters. The zero-order valence-corrected chi connectivity index (χ0v) is 18.0. The zero-order chi connectivity index (χ0) is 20.1. The Balaban J connectivity index is 1.62. The molecule has 1 saturated heterocycles. The molecule has 1 aliphatic heterocycles. The second kappa shape index (κ2) is 9.43. The maximum atomic E-state index is 12.9. The maximum Gasteiger partial charge on any atom is 0.225 e. The van der Waals surface area contributed by atoms with Gasteiger partial charge in [0.2, 0.25) is 11.8 Å². The lowest BCUT2D eigenvalue weighted by Gasteiger charge is -2.37. The fraction of sp³-hybridized carbons (Fsp3) is 0.333. The molecule has 0 radical (unpaired) electrons. The summed E-state index contributed by atoms with van der Waals surface area (Å²) in [6, 6.07) is 15.1. The molecule has 1 N–H and O–H groups in total. The van der Waals surface area contributed by atoms with E-state index in [9.17, 15) is 9.59 Å². The van der Waals surface area contributed by atoms with Crippen LogP contribution in [0.1, 0.15) is 24.9 Å². The molecule has 0 aliphatic carbocycles. The van der Waals surface area contributed by atoms with E-state index in [-0.39, 0.29) is 24.3 Å². The highest BCUT2D eigenvalue weighted by Gasteiger charge is 2.25. The second-order valence-electron chi connectivity index (χ2n) is 6.83. The van der Waals surface area contributed by atoms with Crippen molar-refractivity contribution in [3.8, 4) is 0 Å². The summed E-state index contributed by atoms with van der Waals surface area (Å²) in [6.07, 6.45) is 0.243. The van der Waals surface area contributed by atoms with Crippen LogP contribution in [-0.2, 0) is 9.59 Å². The average Bonchev–Trinajstić information content (AvgIpc) is 2.68. The number of hydrogen-bond donors (Lipinski definition) is 1. The minimum atomic E-state index is -0.334. The summed E-state index contributed by atoms with van der Waals surface area (Å²) in [6.45, 7) is 4.21. The largest absolute Gasteiger partial charge is 0.367 e. The first-order valence-electron chi connectivity index (χ1n) is 9.24. The van der Waals surface area contributed by atoms with Gasteiger partial charge in [-0.1, -0.05) is 51.8 Å². The quantitative estimate of drug-likeness (QED) is 0.727. The first kappa shape index (κ1) is 20.7. The number of nitrogens with zero attached hydrogens (tertiary/aromatic N) is 2. The van der Waals surface area contributed by atoms with Crippen molar-refractivity contribution in [3.05, 3.63) is 63.6 Å². The van der Waals surface area contributed by atoms with E-state index in [2.05, 4.69) is 26.1 Å². The van der Waals surface area contributed by atoms with Crippen LogP contribution in [-0.4, -0.2) is 42.9 Å². The third-order valence-electron chi connectivity index (χ3n) is 4.85. The fourth-order valence-electron chi connectivity index (χ4n) is 3.40. The summed E-state index contributed by atoms with van der Waals surface area (Å²) >= 11 is 9.70. The molecule has 1 aliphatic rings. The van der Waals surface area contributed by atoms with Gasteiger partial charge in [-0.05, 0) is 29.8 Å². The van der Waals surface area contributed by atoms with E-state index in [4.69, 9.17) is 11.6 Å². The molecule has 1 fully saturated rings. The van der Waals surface area contributed by atoms with E-state index in [1.165, 1.54) is 6.92 Å². The Bertz CT molecular complexity index is 836. The van der Waals surface area contributed by atoms with E-state index in [1.807, 2.05) is 53.4 Å². The Kier molecular flexibility index (Phi) is 6.97. The van der Waals surface area contributed by atoms with Crippen molar-refractivity contribution in [2.75, 3.05) is 31.1 Å². The first-order chi connectivity index (χ1) is 13.4. The highest BCUT2D eigenvalue weighted by atomic mass is 79.9. The normalized spacial score (nSPS) is 15.2. The lowest BCUT2D eigenvalue weighted by atomic mass is 10.0. The molecule has 2 aromatic rings. The summed E-state index contributed by atoms with van der Waals surface area (Å²) in [5, 5.41) is 3.62. The topological polar surface area (TPSA) is 52.7 Å². The van der Waals surface area contributed by atoms with Gasteiger partial charge in [-0.15, -0.1) is 0 Å². The molecular formula is C21H23BrClN3O2. The third kappa shape index (κ3) is 5.26. The van der Waals surface area contributed by atoms with Crippen LogP contribution in [0.15, 0.2) is 53.0 Å². The van der Waals surface area contributed by atoms with Crippen LogP contribution in [0.4, 0.5) is 5.69 Å². The molecule has 0 saturated carbocycles. The molecule has 0 aromatic heterocycles. The van der Waals surface area contributed by atoms with Gasteiger partial charge in [-0.3, -0.25) is 9.59 Å². The number of rotatable bonds is 5. The Hall–Kier alpha value is -2.05. The molecule has 148 valence electrons. The average molecular weight is 465 g/mol. The van der Waals surface area contributed by atoms with Crippen molar-refractivity contribution in [2.45, 2.75) is 19.4 Å². The maximum absolute atomic E-state index is 12.9. The van der Waals surface area contributed by atoms with Crippen molar-refractivity contribution in [1.82, 2.24) is 10.2 Å². The van der Waals surface area contributed by atoms with E-state index >= 15 is 0 Å². The van der Waals surface area contributed by atoms with Gasteiger partial charge in [0, 0.05) is 37.6 Å². The molecule has 3 rings (SSSR count). The lowest BCUT2D eigenvalue weighted by molar-refractivity contribution is -0.132. The SMILES string of the molecule is CC(=O)NC(CC(=O)N1CCN(c2ccccc2Cl)CC1)c1ccc(Br)cc1. The van der Waals surface area contributed by atoms with E-state index in [0.29, 0.717) is 13.1 Å². The Morgan fingerprint density at radius 3 is 2.32 bits per heavy atom. The van der Waals surface area contributed by atoms with Crippen molar-refractivity contribution >= 4 is 45.0 Å². The zero-order valence-electron chi connectivity index (χ0n) is 15.7. The van der Waals surface area contributed by atoms with Gasteiger partial charge in [0.05, 0.1) is 23.2 Å². The smallest absolute Gasteiger partial charge is 0.225 e. The van der Waals surface area contributed by atoms with Crippen LogP contribution in [0.2, 0.25) is 5.02 Å². The van der Waals surface area contributed by atoms with Crippen molar-refractivity contribution in [3.63, 3.8) is 0 Å². The number of para-hydroxylation sites is 1. The number of halogens is 2. The summed E-state index contributed by atoms with van der Waals surface area (Å²) in [7, 11) is 0. The summed E-state index contributed by atoms with van der Waals surface area (Å²) < 4.78 is 0.958. The molecule has 7 heteroatoms. The van der Waals surface area contributed by atoms with Crippen molar-refractivity contribution in [2.24, 2.45) is 0 Å². The number of piperazine rings is 1. The van der Waals surface area contributed by atoms with Gasteiger partial charge in [-0.25, -0.2) is 0 Å². The van der Waals surface area contributed by atoms with E-state index < -0.39 is 0 Å². The second-order valence-corrected chi connectivity index (χ2v) is 8.15. The molecule has 5 nitrogen and oxygen atoms in total. The lowest BCUT2D eigenvalue weighted by Crippen LogP contribution is -2.49. The molecule has 2 aromatic carbocycles. The summed E-state index contributed by atoms with van der Waals surface area (Å²) in [4.78, 5) is 28.5.